The summed E-state index contributed by atoms with van der Waals surface area (Å²) in [6.07, 6.45) is 4.33. The van der Waals surface area contributed by atoms with Gasteiger partial charge < -0.3 is 0 Å². The van der Waals surface area contributed by atoms with E-state index in [1.54, 1.807) is 0 Å². The summed E-state index contributed by atoms with van der Waals surface area (Å²) in [5.41, 5.74) is 1.33. The van der Waals surface area contributed by atoms with Gasteiger partial charge in [-0.05, 0) is 11.5 Å². The molecule has 2 heteroatoms. The second-order valence-electron chi connectivity index (χ2n) is 4.23. The molecule has 1 nitrogen and oxygen atoms in total. The monoisotopic (exact) mass is 300 g/mol. The van der Waals surface area contributed by atoms with Crippen LogP contribution in [-0.4, -0.2) is 0 Å². The third-order valence-electron chi connectivity index (χ3n) is 2.95. The molecule has 1 heterocycles. The van der Waals surface area contributed by atoms with Crippen molar-refractivity contribution in [3.05, 3.63) is 78.6 Å². The molecule has 90 valence electrons. The minimum Gasteiger partial charge on any atom is -0.200 e. The van der Waals surface area contributed by atoms with Crippen LogP contribution in [0, 0.1) is 0 Å². The van der Waals surface area contributed by atoms with Gasteiger partial charge >= 0.3 is 0 Å². The molecular formula is C16H15BrN+. The van der Waals surface area contributed by atoms with E-state index in [1.165, 1.54) is 16.3 Å². The summed E-state index contributed by atoms with van der Waals surface area (Å²) in [6.45, 7) is 0.922. The molecule has 0 aliphatic carbocycles. The zero-order valence-corrected chi connectivity index (χ0v) is 11.7. The lowest BCUT2D eigenvalue weighted by atomic mass is 10.1. The Morgan fingerprint density at radius 3 is 2.17 bits per heavy atom. The van der Waals surface area contributed by atoms with Gasteiger partial charge in [0.2, 0.25) is 0 Å². The zero-order chi connectivity index (χ0) is 11.5. The van der Waals surface area contributed by atoms with Crippen LogP contribution in [0.15, 0.2) is 73.1 Å². The first kappa shape index (κ1) is 12.8. The molecule has 3 rings (SSSR count). The molecule has 3 aromatic rings. The lowest BCUT2D eigenvalue weighted by Gasteiger charge is -1.99. The van der Waals surface area contributed by atoms with Gasteiger partial charge in [-0.2, -0.15) is 0 Å². The van der Waals surface area contributed by atoms with E-state index in [2.05, 4.69) is 77.6 Å². The number of rotatable bonds is 2. The van der Waals surface area contributed by atoms with Crippen molar-refractivity contribution in [1.29, 1.82) is 0 Å². The van der Waals surface area contributed by atoms with Gasteiger partial charge in [0.05, 0.1) is 0 Å². The fraction of sp³-hybridized carbons (Fsp3) is 0.0625. The van der Waals surface area contributed by atoms with Gasteiger partial charge in [0.15, 0.2) is 18.9 Å². The Hall–Kier alpha value is -1.67. The molecule has 0 saturated carbocycles. The average molecular weight is 301 g/mol. The first-order chi connectivity index (χ1) is 8.42. The van der Waals surface area contributed by atoms with E-state index >= 15 is 0 Å². The average Bonchev–Trinajstić information content (AvgIpc) is 2.40. The van der Waals surface area contributed by atoms with Gasteiger partial charge in [-0.25, -0.2) is 4.57 Å². The standard InChI is InChI=1S/C16H14N.BrH/c1-2-6-14(7-3-1)12-17-11-10-15-8-4-5-9-16(15)13-17;/h1-11,13H,12H2;1H/q+1;. The molecular weight excluding hydrogens is 286 g/mol. The molecule has 0 amide bonds. The van der Waals surface area contributed by atoms with Crippen molar-refractivity contribution in [3.63, 3.8) is 0 Å². The molecule has 0 aliphatic rings. The van der Waals surface area contributed by atoms with Gasteiger partial charge in [0, 0.05) is 17.0 Å². The number of fused-ring (bicyclic) bond motifs is 1. The first-order valence-corrected chi connectivity index (χ1v) is 5.83. The Balaban J connectivity index is 0.00000120. The van der Waals surface area contributed by atoms with E-state index in [0.29, 0.717) is 0 Å². The molecule has 1 aromatic heterocycles. The zero-order valence-electron chi connectivity index (χ0n) is 9.99. The summed E-state index contributed by atoms with van der Waals surface area (Å²) in [7, 11) is 0. The molecule has 18 heavy (non-hydrogen) atoms. The maximum absolute atomic E-state index is 2.22. The van der Waals surface area contributed by atoms with E-state index in [9.17, 15) is 0 Å². The maximum Gasteiger partial charge on any atom is 0.176 e. The van der Waals surface area contributed by atoms with E-state index in [-0.39, 0.29) is 17.0 Å². The molecule has 0 saturated heterocycles. The molecule has 2 aromatic carbocycles. The summed E-state index contributed by atoms with van der Waals surface area (Å²) in [5, 5.41) is 2.57. The van der Waals surface area contributed by atoms with Crippen LogP contribution in [0.1, 0.15) is 5.56 Å². The molecule has 0 unspecified atom stereocenters. The maximum atomic E-state index is 2.22. The first-order valence-electron chi connectivity index (χ1n) is 5.83. The number of aromatic nitrogens is 1. The number of halogens is 1. The molecule has 0 atom stereocenters. The number of hydrogen-bond donors (Lipinski definition) is 0. The highest BCUT2D eigenvalue weighted by Gasteiger charge is 2.03. The Bertz CT molecular complexity index is 635. The van der Waals surface area contributed by atoms with E-state index in [1.807, 2.05) is 0 Å². The normalized spacial score (nSPS) is 10.0. The van der Waals surface area contributed by atoms with Gasteiger partial charge in [0.25, 0.3) is 0 Å². The minimum absolute atomic E-state index is 0. The van der Waals surface area contributed by atoms with Gasteiger partial charge in [-0.3, -0.25) is 0 Å². The lowest BCUT2D eigenvalue weighted by molar-refractivity contribution is -0.687. The van der Waals surface area contributed by atoms with Crippen LogP contribution in [0.5, 0.6) is 0 Å². The second-order valence-corrected chi connectivity index (χ2v) is 4.23. The van der Waals surface area contributed by atoms with Crippen molar-refractivity contribution in [1.82, 2.24) is 0 Å². The molecule has 0 fully saturated rings. The largest absolute Gasteiger partial charge is 0.200 e. The highest BCUT2D eigenvalue weighted by atomic mass is 79.9. The third kappa shape index (κ3) is 2.77. The van der Waals surface area contributed by atoms with E-state index in [4.69, 9.17) is 0 Å². The third-order valence-corrected chi connectivity index (χ3v) is 2.95. The highest BCUT2D eigenvalue weighted by molar-refractivity contribution is 8.93. The van der Waals surface area contributed by atoms with Crippen LogP contribution in [-0.2, 0) is 6.54 Å². The topological polar surface area (TPSA) is 3.88 Å². The van der Waals surface area contributed by atoms with E-state index in [0.717, 1.165) is 6.54 Å². The second kappa shape index (κ2) is 5.78. The van der Waals surface area contributed by atoms with Crippen molar-refractivity contribution in [2.75, 3.05) is 0 Å². The summed E-state index contributed by atoms with van der Waals surface area (Å²) in [4.78, 5) is 0. The van der Waals surface area contributed by atoms with Gasteiger partial charge in [0.1, 0.15) is 0 Å². The fourth-order valence-electron chi connectivity index (χ4n) is 2.07. The van der Waals surface area contributed by atoms with Crippen molar-refractivity contribution < 1.29 is 4.57 Å². The molecule has 0 radical (unpaired) electrons. The van der Waals surface area contributed by atoms with Crippen molar-refractivity contribution in [2.45, 2.75) is 6.54 Å². The lowest BCUT2D eigenvalue weighted by Crippen LogP contribution is -2.33. The molecule has 0 bridgehead atoms. The number of hydrogen-bond acceptors (Lipinski definition) is 0. The van der Waals surface area contributed by atoms with Crippen LogP contribution in [0.4, 0.5) is 0 Å². The molecule has 0 aliphatic heterocycles. The van der Waals surface area contributed by atoms with Crippen molar-refractivity contribution in [2.24, 2.45) is 0 Å². The Morgan fingerprint density at radius 1 is 0.722 bits per heavy atom. The molecule has 0 N–H and O–H groups in total. The van der Waals surface area contributed by atoms with Crippen molar-refractivity contribution in [3.8, 4) is 0 Å². The highest BCUT2D eigenvalue weighted by Crippen LogP contribution is 2.10. The smallest absolute Gasteiger partial charge is 0.176 e. The predicted molar refractivity (Wildman–Crippen MR) is 80.0 cm³/mol. The van der Waals surface area contributed by atoms with E-state index < -0.39 is 0 Å². The Morgan fingerprint density at radius 2 is 1.39 bits per heavy atom. The van der Waals surface area contributed by atoms with Gasteiger partial charge in [-0.1, -0.05) is 48.5 Å². The minimum atomic E-state index is 0. The summed E-state index contributed by atoms with van der Waals surface area (Å²) in [5.74, 6) is 0. The van der Waals surface area contributed by atoms with Crippen LogP contribution in [0.3, 0.4) is 0 Å². The van der Waals surface area contributed by atoms with Crippen LogP contribution in [0.2, 0.25) is 0 Å². The Kier molecular flexibility index (Phi) is 4.11. The summed E-state index contributed by atoms with van der Waals surface area (Å²) >= 11 is 0. The summed E-state index contributed by atoms with van der Waals surface area (Å²) < 4.78 is 2.22. The van der Waals surface area contributed by atoms with Crippen LogP contribution in [0.25, 0.3) is 10.8 Å². The molecule has 0 spiro atoms. The number of pyridine rings is 1. The van der Waals surface area contributed by atoms with Crippen molar-refractivity contribution >= 4 is 27.8 Å². The fourth-order valence-corrected chi connectivity index (χ4v) is 2.07. The Labute approximate surface area is 117 Å². The van der Waals surface area contributed by atoms with Crippen LogP contribution < -0.4 is 4.57 Å². The van der Waals surface area contributed by atoms with Crippen LogP contribution >= 0.6 is 17.0 Å². The quantitative estimate of drug-likeness (QED) is 0.635. The summed E-state index contributed by atoms with van der Waals surface area (Å²) in [6, 6.07) is 21.1. The number of nitrogens with zero attached hydrogens (tertiary/aromatic N) is 1. The van der Waals surface area contributed by atoms with Gasteiger partial charge in [-0.15, -0.1) is 17.0 Å². The number of benzene rings is 2. The SMILES string of the molecule is Br.c1ccc(C[n+]2ccc3ccccc3c2)cc1. The predicted octanol–water partition coefficient (Wildman–Crippen LogP) is 3.75.